The number of ether oxygens (including phenoxy) is 1. The van der Waals surface area contributed by atoms with Crippen molar-refractivity contribution in [3.05, 3.63) is 29.8 Å². The van der Waals surface area contributed by atoms with Gasteiger partial charge in [-0.25, -0.2) is 0 Å². The van der Waals surface area contributed by atoms with Crippen molar-refractivity contribution in [1.29, 1.82) is 5.26 Å². The van der Waals surface area contributed by atoms with Gasteiger partial charge >= 0.3 is 0 Å². The molecule has 0 aliphatic heterocycles. The zero-order valence-electron chi connectivity index (χ0n) is 11.6. The fourth-order valence-electron chi connectivity index (χ4n) is 2.66. The van der Waals surface area contributed by atoms with Gasteiger partial charge in [0.25, 0.3) is 0 Å². The third-order valence-electron chi connectivity index (χ3n) is 3.87. The minimum atomic E-state index is 0.651. The van der Waals surface area contributed by atoms with Gasteiger partial charge in [-0.05, 0) is 43.0 Å². The molecule has 19 heavy (non-hydrogen) atoms. The van der Waals surface area contributed by atoms with Gasteiger partial charge in [0.15, 0.2) is 0 Å². The van der Waals surface area contributed by atoms with Crippen molar-refractivity contribution in [2.24, 2.45) is 5.92 Å². The second kappa shape index (κ2) is 7.16. The molecule has 0 radical (unpaired) electrons. The van der Waals surface area contributed by atoms with Crippen LogP contribution in [0.1, 0.15) is 38.2 Å². The molecule has 102 valence electrons. The summed E-state index contributed by atoms with van der Waals surface area (Å²) in [6.07, 6.45) is 5.35. The van der Waals surface area contributed by atoms with E-state index >= 15 is 0 Å². The molecule has 0 bridgehead atoms. The molecule has 3 nitrogen and oxygen atoms in total. The zero-order valence-corrected chi connectivity index (χ0v) is 11.6. The summed E-state index contributed by atoms with van der Waals surface area (Å²) in [5.74, 6) is 1.61. The Morgan fingerprint density at radius 1 is 1.26 bits per heavy atom. The van der Waals surface area contributed by atoms with Gasteiger partial charge in [-0.1, -0.05) is 19.8 Å². The second-order valence-corrected chi connectivity index (χ2v) is 5.31. The van der Waals surface area contributed by atoms with E-state index in [9.17, 15) is 0 Å². The monoisotopic (exact) mass is 258 g/mol. The van der Waals surface area contributed by atoms with Crippen LogP contribution in [0.4, 0.5) is 0 Å². The standard InChI is InChI=1S/C16H22N2O/c1-13-4-2-3-5-16(13)18-10-11-19-15-8-6-14(12-17)7-9-15/h6-9,13,16,18H,2-5,10-11H2,1H3. The first-order chi connectivity index (χ1) is 9.29. The van der Waals surface area contributed by atoms with Gasteiger partial charge in [-0.2, -0.15) is 5.26 Å². The lowest BCUT2D eigenvalue weighted by Gasteiger charge is -2.29. The Hall–Kier alpha value is -1.53. The Morgan fingerprint density at radius 3 is 2.68 bits per heavy atom. The van der Waals surface area contributed by atoms with E-state index in [1.165, 1.54) is 25.7 Å². The van der Waals surface area contributed by atoms with Crippen LogP contribution in [0.2, 0.25) is 0 Å². The summed E-state index contributed by atoms with van der Waals surface area (Å²) < 4.78 is 5.66. The molecule has 0 aromatic heterocycles. The van der Waals surface area contributed by atoms with E-state index in [1.54, 1.807) is 12.1 Å². The molecule has 2 atom stereocenters. The average Bonchev–Trinajstić information content (AvgIpc) is 2.46. The lowest BCUT2D eigenvalue weighted by molar-refractivity contribution is 0.251. The highest BCUT2D eigenvalue weighted by Gasteiger charge is 2.20. The van der Waals surface area contributed by atoms with Crippen LogP contribution >= 0.6 is 0 Å². The highest BCUT2D eigenvalue weighted by atomic mass is 16.5. The molecule has 0 amide bonds. The summed E-state index contributed by atoms with van der Waals surface area (Å²) in [4.78, 5) is 0. The number of rotatable bonds is 5. The summed E-state index contributed by atoms with van der Waals surface area (Å²) in [5, 5.41) is 12.3. The van der Waals surface area contributed by atoms with E-state index in [0.717, 1.165) is 18.2 Å². The number of nitrogens with one attached hydrogen (secondary N) is 1. The van der Waals surface area contributed by atoms with Crippen molar-refractivity contribution in [1.82, 2.24) is 5.32 Å². The van der Waals surface area contributed by atoms with Crippen LogP contribution in [-0.4, -0.2) is 19.2 Å². The highest BCUT2D eigenvalue weighted by molar-refractivity contribution is 5.34. The molecule has 1 aromatic carbocycles. The Kier molecular flexibility index (Phi) is 5.23. The van der Waals surface area contributed by atoms with Crippen LogP contribution in [-0.2, 0) is 0 Å². The van der Waals surface area contributed by atoms with Crippen LogP contribution in [0.25, 0.3) is 0 Å². The van der Waals surface area contributed by atoms with E-state index < -0.39 is 0 Å². The Morgan fingerprint density at radius 2 is 2.00 bits per heavy atom. The van der Waals surface area contributed by atoms with Crippen LogP contribution in [0, 0.1) is 17.2 Å². The fraction of sp³-hybridized carbons (Fsp3) is 0.562. The molecule has 1 saturated carbocycles. The van der Waals surface area contributed by atoms with Crippen LogP contribution in [0.5, 0.6) is 5.75 Å². The Balaban J connectivity index is 1.67. The molecule has 3 heteroatoms. The lowest BCUT2D eigenvalue weighted by atomic mass is 9.86. The number of benzene rings is 1. The summed E-state index contributed by atoms with van der Waals surface area (Å²) >= 11 is 0. The summed E-state index contributed by atoms with van der Waals surface area (Å²) in [7, 11) is 0. The SMILES string of the molecule is CC1CCCCC1NCCOc1ccc(C#N)cc1. The van der Waals surface area contributed by atoms with Crippen molar-refractivity contribution in [2.45, 2.75) is 38.6 Å². The predicted molar refractivity (Wildman–Crippen MR) is 76.1 cm³/mol. The van der Waals surface area contributed by atoms with Gasteiger partial charge in [0.05, 0.1) is 11.6 Å². The molecule has 1 fully saturated rings. The molecular formula is C16H22N2O. The summed E-state index contributed by atoms with van der Waals surface area (Å²) in [6.45, 7) is 3.89. The molecule has 1 aliphatic rings. The van der Waals surface area contributed by atoms with Gasteiger partial charge in [0, 0.05) is 12.6 Å². The molecule has 0 heterocycles. The minimum absolute atomic E-state index is 0.651. The van der Waals surface area contributed by atoms with E-state index in [4.69, 9.17) is 10.00 Å². The number of hydrogen-bond donors (Lipinski definition) is 1. The first kappa shape index (κ1) is 13.9. The van der Waals surface area contributed by atoms with Crippen molar-refractivity contribution in [3.63, 3.8) is 0 Å². The molecule has 1 aromatic rings. The molecule has 2 rings (SSSR count). The second-order valence-electron chi connectivity index (χ2n) is 5.31. The highest BCUT2D eigenvalue weighted by Crippen LogP contribution is 2.23. The maximum atomic E-state index is 8.71. The topological polar surface area (TPSA) is 45.0 Å². The van der Waals surface area contributed by atoms with Crippen LogP contribution in [0.3, 0.4) is 0 Å². The van der Waals surface area contributed by atoms with Crippen molar-refractivity contribution < 1.29 is 4.74 Å². The normalized spacial score (nSPS) is 22.7. The number of nitriles is 1. The summed E-state index contributed by atoms with van der Waals surface area (Å²) in [6, 6.07) is 10.0. The molecule has 1 N–H and O–H groups in total. The van der Waals surface area contributed by atoms with Gasteiger partial charge in [0.2, 0.25) is 0 Å². The third-order valence-corrected chi connectivity index (χ3v) is 3.87. The largest absolute Gasteiger partial charge is 0.492 e. The summed E-state index contributed by atoms with van der Waals surface area (Å²) in [5.41, 5.74) is 0.668. The molecule has 1 aliphatic carbocycles. The van der Waals surface area contributed by atoms with Gasteiger partial charge < -0.3 is 10.1 Å². The van der Waals surface area contributed by atoms with Gasteiger partial charge in [-0.3, -0.25) is 0 Å². The van der Waals surface area contributed by atoms with Crippen molar-refractivity contribution in [3.8, 4) is 11.8 Å². The third kappa shape index (κ3) is 4.25. The van der Waals surface area contributed by atoms with Crippen LogP contribution < -0.4 is 10.1 Å². The quantitative estimate of drug-likeness (QED) is 0.825. The van der Waals surface area contributed by atoms with E-state index in [-0.39, 0.29) is 0 Å². The van der Waals surface area contributed by atoms with Crippen molar-refractivity contribution in [2.75, 3.05) is 13.2 Å². The minimum Gasteiger partial charge on any atom is -0.492 e. The Labute approximate surface area is 115 Å². The Bertz CT molecular complexity index is 421. The van der Waals surface area contributed by atoms with Gasteiger partial charge in [0.1, 0.15) is 12.4 Å². The maximum absolute atomic E-state index is 8.71. The smallest absolute Gasteiger partial charge is 0.119 e. The van der Waals surface area contributed by atoms with E-state index in [0.29, 0.717) is 18.2 Å². The lowest BCUT2D eigenvalue weighted by Crippen LogP contribution is -2.39. The van der Waals surface area contributed by atoms with E-state index in [1.807, 2.05) is 12.1 Å². The first-order valence-electron chi connectivity index (χ1n) is 7.16. The predicted octanol–water partition coefficient (Wildman–Crippen LogP) is 3.11. The number of nitrogens with zero attached hydrogens (tertiary/aromatic N) is 1. The first-order valence-corrected chi connectivity index (χ1v) is 7.16. The number of hydrogen-bond acceptors (Lipinski definition) is 3. The average molecular weight is 258 g/mol. The van der Waals surface area contributed by atoms with Crippen LogP contribution in [0.15, 0.2) is 24.3 Å². The molecule has 0 spiro atoms. The molecule has 2 unspecified atom stereocenters. The van der Waals surface area contributed by atoms with Crippen molar-refractivity contribution >= 4 is 0 Å². The maximum Gasteiger partial charge on any atom is 0.119 e. The zero-order chi connectivity index (χ0) is 13.5. The fourth-order valence-corrected chi connectivity index (χ4v) is 2.66. The van der Waals surface area contributed by atoms with E-state index in [2.05, 4.69) is 18.3 Å². The van der Waals surface area contributed by atoms with Gasteiger partial charge in [-0.15, -0.1) is 0 Å². The molecule has 0 saturated heterocycles. The molecular weight excluding hydrogens is 236 g/mol.